The zero-order valence-corrected chi connectivity index (χ0v) is 14.4. The van der Waals surface area contributed by atoms with E-state index in [4.69, 9.17) is 0 Å². The minimum absolute atomic E-state index is 0.162. The molecule has 3 rings (SSSR count). The van der Waals surface area contributed by atoms with Crippen molar-refractivity contribution < 1.29 is 4.79 Å². The lowest BCUT2D eigenvalue weighted by atomic mass is 9.84. The Bertz CT molecular complexity index is 795. The minimum atomic E-state index is -0.364. The number of nitrogens with one attached hydrogen (secondary N) is 1. The first-order chi connectivity index (χ1) is 11.4. The fourth-order valence-corrected chi connectivity index (χ4v) is 2.98. The number of fused-ring (bicyclic) bond motifs is 1. The number of amides is 1. The molecule has 1 aliphatic heterocycles. The molecular weight excluding hydrogens is 302 g/mol. The van der Waals surface area contributed by atoms with E-state index in [0.29, 0.717) is 31.5 Å². The highest BCUT2D eigenvalue weighted by Crippen LogP contribution is 2.34. The van der Waals surface area contributed by atoms with Gasteiger partial charge in [0.05, 0.1) is 22.5 Å². The van der Waals surface area contributed by atoms with Crippen LogP contribution in [-0.4, -0.2) is 35.2 Å². The lowest BCUT2D eigenvalue weighted by Crippen LogP contribution is -2.55. The number of imidazole rings is 1. The Balaban J connectivity index is 1.89. The van der Waals surface area contributed by atoms with Crippen molar-refractivity contribution in [3.8, 4) is 6.07 Å². The van der Waals surface area contributed by atoms with Gasteiger partial charge in [0.2, 0.25) is 5.95 Å². The van der Waals surface area contributed by atoms with Crippen LogP contribution < -0.4 is 10.2 Å². The number of hydrogen-bond donors (Lipinski definition) is 1. The van der Waals surface area contributed by atoms with Gasteiger partial charge in [-0.05, 0) is 31.4 Å². The van der Waals surface area contributed by atoms with Crippen LogP contribution in [0.15, 0.2) is 24.3 Å². The van der Waals surface area contributed by atoms with Gasteiger partial charge in [-0.25, -0.2) is 14.3 Å². The van der Waals surface area contributed by atoms with Crippen molar-refractivity contribution in [1.29, 1.82) is 5.26 Å². The van der Waals surface area contributed by atoms with Gasteiger partial charge in [-0.15, -0.1) is 0 Å². The third kappa shape index (κ3) is 2.94. The molecule has 0 radical (unpaired) electrons. The van der Waals surface area contributed by atoms with Crippen LogP contribution in [-0.2, 0) is 0 Å². The van der Waals surface area contributed by atoms with Crippen LogP contribution in [0.1, 0.15) is 27.2 Å². The zero-order chi connectivity index (χ0) is 17.3. The first-order valence-electron chi connectivity index (χ1n) is 8.35. The van der Waals surface area contributed by atoms with E-state index in [2.05, 4.69) is 30.2 Å². The zero-order valence-electron chi connectivity index (χ0n) is 14.4. The van der Waals surface area contributed by atoms with Crippen molar-refractivity contribution >= 4 is 23.0 Å². The van der Waals surface area contributed by atoms with Crippen LogP contribution >= 0.6 is 0 Å². The SMILES string of the molecule is CC(C)CCNC(=O)n1c(N2CC(C)(C#N)C2)nc2ccccc21. The van der Waals surface area contributed by atoms with E-state index >= 15 is 0 Å². The normalized spacial score (nSPS) is 16.0. The van der Waals surface area contributed by atoms with Crippen molar-refractivity contribution in [1.82, 2.24) is 14.9 Å². The number of anilines is 1. The number of nitrogens with zero attached hydrogens (tertiary/aromatic N) is 4. The Morgan fingerprint density at radius 3 is 2.79 bits per heavy atom. The Morgan fingerprint density at radius 2 is 2.12 bits per heavy atom. The molecule has 1 aliphatic rings. The number of para-hydroxylation sites is 2. The summed E-state index contributed by atoms with van der Waals surface area (Å²) >= 11 is 0. The van der Waals surface area contributed by atoms with Crippen molar-refractivity contribution in [2.45, 2.75) is 27.2 Å². The number of rotatable bonds is 4. The smallest absolute Gasteiger partial charge is 0.328 e. The number of nitriles is 1. The molecular formula is C18H23N5O. The van der Waals surface area contributed by atoms with Crippen LogP contribution in [0.2, 0.25) is 0 Å². The Hall–Kier alpha value is -2.55. The quantitative estimate of drug-likeness (QED) is 0.938. The molecule has 1 aromatic heterocycles. The summed E-state index contributed by atoms with van der Waals surface area (Å²) in [5, 5.41) is 12.2. The Kier molecular flexibility index (Phi) is 4.18. The summed E-state index contributed by atoms with van der Waals surface area (Å²) in [7, 11) is 0. The van der Waals surface area contributed by atoms with Gasteiger partial charge < -0.3 is 10.2 Å². The molecule has 6 nitrogen and oxygen atoms in total. The van der Waals surface area contributed by atoms with E-state index in [1.165, 1.54) is 0 Å². The molecule has 24 heavy (non-hydrogen) atoms. The molecule has 0 spiro atoms. The number of hydrogen-bond acceptors (Lipinski definition) is 4. The molecule has 2 aromatic rings. The predicted molar refractivity (Wildman–Crippen MR) is 93.9 cm³/mol. The second-order valence-electron chi connectivity index (χ2n) is 7.18. The van der Waals surface area contributed by atoms with Gasteiger partial charge in [-0.3, -0.25) is 0 Å². The Morgan fingerprint density at radius 1 is 1.42 bits per heavy atom. The maximum atomic E-state index is 12.7. The molecule has 1 amide bonds. The van der Waals surface area contributed by atoms with E-state index in [9.17, 15) is 10.1 Å². The van der Waals surface area contributed by atoms with E-state index in [1.807, 2.05) is 36.1 Å². The molecule has 2 heterocycles. The Labute approximate surface area is 142 Å². The molecule has 0 unspecified atom stereocenters. The van der Waals surface area contributed by atoms with E-state index < -0.39 is 0 Å². The summed E-state index contributed by atoms with van der Waals surface area (Å²) in [5.41, 5.74) is 1.22. The summed E-state index contributed by atoms with van der Waals surface area (Å²) in [5.74, 6) is 1.15. The summed E-state index contributed by atoms with van der Waals surface area (Å²) in [6, 6.07) is 9.78. The molecule has 0 bridgehead atoms. The average Bonchev–Trinajstić information content (AvgIpc) is 2.90. The van der Waals surface area contributed by atoms with Gasteiger partial charge in [0.25, 0.3) is 0 Å². The highest BCUT2D eigenvalue weighted by Gasteiger charge is 2.41. The maximum absolute atomic E-state index is 12.7. The first kappa shape index (κ1) is 16.3. The fourth-order valence-electron chi connectivity index (χ4n) is 2.98. The third-order valence-corrected chi connectivity index (χ3v) is 4.38. The number of benzene rings is 1. The van der Waals surface area contributed by atoms with Crippen LogP contribution in [0.25, 0.3) is 11.0 Å². The van der Waals surface area contributed by atoms with Crippen LogP contribution in [0.4, 0.5) is 10.7 Å². The van der Waals surface area contributed by atoms with Crippen LogP contribution in [0.5, 0.6) is 0 Å². The molecule has 1 aromatic carbocycles. The third-order valence-electron chi connectivity index (χ3n) is 4.38. The van der Waals surface area contributed by atoms with Crippen LogP contribution in [0, 0.1) is 22.7 Å². The highest BCUT2D eigenvalue weighted by molar-refractivity contribution is 5.93. The molecule has 1 N–H and O–H groups in total. The number of aromatic nitrogens is 2. The van der Waals surface area contributed by atoms with Gasteiger partial charge >= 0.3 is 6.03 Å². The monoisotopic (exact) mass is 325 g/mol. The number of carbonyl (C=O) groups is 1. The van der Waals surface area contributed by atoms with Gasteiger partial charge in [-0.1, -0.05) is 26.0 Å². The summed E-state index contributed by atoms with van der Waals surface area (Å²) in [6.07, 6.45) is 0.934. The van der Waals surface area contributed by atoms with Crippen molar-refractivity contribution in [2.75, 3.05) is 24.5 Å². The topological polar surface area (TPSA) is 74.0 Å². The minimum Gasteiger partial charge on any atom is -0.338 e. The van der Waals surface area contributed by atoms with E-state index in [-0.39, 0.29) is 11.4 Å². The lowest BCUT2D eigenvalue weighted by molar-refractivity contribution is 0.241. The molecule has 6 heteroatoms. The lowest BCUT2D eigenvalue weighted by Gasteiger charge is -2.43. The van der Waals surface area contributed by atoms with Gasteiger partial charge in [0, 0.05) is 19.6 Å². The molecule has 126 valence electrons. The van der Waals surface area contributed by atoms with Crippen molar-refractivity contribution in [3.63, 3.8) is 0 Å². The molecule has 0 aliphatic carbocycles. The number of carbonyl (C=O) groups excluding carboxylic acids is 1. The second kappa shape index (κ2) is 6.16. The molecule has 1 saturated heterocycles. The standard InChI is InChI=1S/C18H23N5O/c1-13(2)8-9-20-17(24)23-15-7-5-4-6-14(15)21-16(23)22-11-18(3,10-19)12-22/h4-7,13H,8-9,11-12H2,1-3H3,(H,20,24). The van der Waals surface area contributed by atoms with E-state index in [0.717, 1.165) is 17.5 Å². The van der Waals surface area contributed by atoms with Crippen LogP contribution in [0.3, 0.4) is 0 Å². The molecule has 1 fully saturated rings. The van der Waals surface area contributed by atoms with Gasteiger partial charge in [0.15, 0.2) is 0 Å². The first-order valence-corrected chi connectivity index (χ1v) is 8.35. The van der Waals surface area contributed by atoms with Crippen molar-refractivity contribution in [2.24, 2.45) is 11.3 Å². The summed E-state index contributed by atoms with van der Waals surface area (Å²) in [4.78, 5) is 19.3. The van der Waals surface area contributed by atoms with Crippen molar-refractivity contribution in [3.05, 3.63) is 24.3 Å². The second-order valence-corrected chi connectivity index (χ2v) is 7.18. The fraction of sp³-hybridized carbons (Fsp3) is 0.500. The largest absolute Gasteiger partial charge is 0.338 e. The van der Waals surface area contributed by atoms with E-state index in [1.54, 1.807) is 4.57 Å². The highest BCUT2D eigenvalue weighted by atomic mass is 16.2. The average molecular weight is 325 g/mol. The molecule has 0 saturated carbocycles. The van der Waals surface area contributed by atoms with Gasteiger partial charge in [0.1, 0.15) is 0 Å². The summed E-state index contributed by atoms with van der Waals surface area (Å²) in [6.45, 7) is 8.01. The summed E-state index contributed by atoms with van der Waals surface area (Å²) < 4.78 is 1.63. The van der Waals surface area contributed by atoms with Gasteiger partial charge in [-0.2, -0.15) is 5.26 Å². The predicted octanol–water partition coefficient (Wildman–Crippen LogP) is 2.99. The maximum Gasteiger partial charge on any atom is 0.328 e. The molecule has 0 atom stereocenters.